The minimum absolute atomic E-state index is 0.00797. The van der Waals surface area contributed by atoms with Gasteiger partial charge in [-0.1, -0.05) is 59.3 Å². The van der Waals surface area contributed by atoms with Gasteiger partial charge < -0.3 is 18.7 Å². The van der Waals surface area contributed by atoms with E-state index in [0.717, 1.165) is 40.2 Å². The molecule has 53 heavy (non-hydrogen) atoms. The molecule has 1 fully saturated rings. The topological polar surface area (TPSA) is 148 Å². The van der Waals surface area contributed by atoms with Gasteiger partial charge in [0.2, 0.25) is 0 Å². The Morgan fingerprint density at radius 2 is 1.68 bits per heavy atom. The summed E-state index contributed by atoms with van der Waals surface area (Å²) in [5.41, 5.74) is 6.00. The summed E-state index contributed by atoms with van der Waals surface area (Å²) < 4.78 is 45.1. The highest BCUT2D eigenvalue weighted by Crippen LogP contribution is 2.45. The number of hydrogen-bond acceptors (Lipinski definition) is 9. The third kappa shape index (κ3) is 7.52. The van der Waals surface area contributed by atoms with Crippen LogP contribution in [0, 0.1) is 10.8 Å². The Kier molecular flexibility index (Phi) is 9.34. The fourth-order valence-corrected chi connectivity index (χ4v) is 8.66. The first-order valence-electron chi connectivity index (χ1n) is 18.2. The van der Waals surface area contributed by atoms with Crippen molar-refractivity contribution in [3.63, 3.8) is 0 Å². The van der Waals surface area contributed by atoms with Crippen LogP contribution >= 0.6 is 0 Å². The number of aromatic nitrogens is 2. The van der Waals surface area contributed by atoms with Gasteiger partial charge in [-0.05, 0) is 88.4 Å². The Bertz CT molecular complexity index is 2350. The number of benzene rings is 2. The number of hydrogen-bond donors (Lipinski definition) is 0. The first kappa shape index (κ1) is 36.5. The molecule has 0 bridgehead atoms. The SMILES string of the molecule is CCC1=CC(C)(C)Cc2cc3c(cc21)C(c1nccn1CCCCCC(=O)ON1C(=O)CCC1=O)=c1cc2c(cc1O3)=CC(C)(C)C=C2CS(=O)(=O)[O-]. The molecule has 2 amide bonds. The monoisotopic (exact) mass is 738 g/mol. The maximum atomic E-state index is 12.3. The number of aryl methyl sites for hydroxylation is 1. The van der Waals surface area contributed by atoms with E-state index in [2.05, 4.69) is 49.6 Å². The third-order valence-electron chi connectivity index (χ3n) is 10.2. The molecular weight excluding hydrogens is 695 g/mol. The van der Waals surface area contributed by atoms with Gasteiger partial charge in [-0.15, -0.1) is 5.06 Å². The number of ether oxygens (including phenoxy) is 1. The maximum absolute atomic E-state index is 12.3. The number of imide groups is 1. The van der Waals surface area contributed by atoms with Gasteiger partial charge in [0, 0.05) is 60.0 Å². The molecule has 3 aromatic rings. The minimum Gasteiger partial charge on any atom is -0.748 e. The van der Waals surface area contributed by atoms with Gasteiger partial charge in [0.25, 0.3) is 11.8 Å². The number of amides is 2. The second-order valence-corrected chi connectivity index (χ2v) is 17.1. The number of nitrogens with zero attached hydrogens (tertiary/aromatic N) is 3. The number of carbonyl (C=O) groups is 3. The van der Waals surface area contributed by atoms with Gasteiger partial charge in [-0.25, -0.2) is 18.2 Å². The van der Waals surface area contributed by atoms with E-state index < -0.39 is 39.1 Å². The van der Waals surface area contributed by atoms with Gasteiger partial charge in [0.05, 0.1) is 15.9 Å². The van der Waals surface area contributed by atoms with E-state index >= 15 is 0 Å². The normalized spacial score (nSPS) is 18.2. The van der Waals surface area contributed by atoms with E-state index in [1.54, 1.807) is 6.20 Å². The number of allylic oxidation sites excluding steroid dienone is 3. The lowest BCUT2D eigenvalue weighted by Crippen LogP contribution is -2.31. The van der Waals surface area contributed by atoms with E-state index in [0.29, 0.717) is 53.6 Å². The molecule has 2 aliphatic heterocycles. The lowest BCUT2D eigenvalue weighted by molar-refractivity contribution is -0.197. The summed E-state index contributed by atoms with van der Waals surface area (Å²) >= 11 is 0. The summed E-state index contributed by atoms with van der Waals surface area (Å²) in [6, 6.07) is 8.22. The van der Waals surface area contributed by atoms with Crippen molar-refractivity contribution in [2.24, 2.45) is 10.8 Å². The quantitative estimate of drug-likeness (QED) is 0.110. The summed E-state index contributed by atoms with van der Waals surface area (Å²) in [7, 11) is -4.56. The Balaban J connectivity index is 1.27. The molecule has 0 radical (unpaired) electrons. The average Bonchev–Trinajstić information content (AvgIpc) is 3.65. The molecule has 1 saturated heterocycles. The fraction of sp³-hybridized carbons (Fsp3) is 0.415. The molecule has 2 aromatic carbocycles. The van der Waals surface area contributed by atoms with Crippen LogP contribution in [0.15, 0.2) is 48.8 Å². The Hall–Kier alpha value is -4.81. The number of imidazole rings is 1. The Labute approximate surface area is 309 Å². The molecule has 4 aliphatic rings. The zero-order valence-corrected chi connectivity index (χ0v) is 31.6. The summed E-state index contributed by atoms with van der Waals surface area (Å²) in [5.74, 6) is -0.186. The molecular formula is C41H44N3O8S-. The molecule has 2 aliphatic carbocycles. The van der Waals surface area contributed by atoms with Crippen molar-refractivity contribution < 1.29 is 36.9 Å². The fourth-order valence-electron chi connectivity index (χ4n) is 8.04. The van der Waals surface area contributed by atoms with Crippen molar-refractivity contribution in [2.45, 2.75) is 92.5 Å². The van der Waals surface area contributed by atoms with Crippen molar-refractivity contribution >= 4 is 50.7 Å². The maximum Gasteiger partial charge on any atom is 0.333 e. The van der Waals surface area contributed by atoms with Crippen LogP contribution in [-0.2, 0) is 42.3 Å². The Morgan fingerprint density at radius 3 is 2.40 bits per heavy atom. The summed E-state index contributed by atoms with van der Waals surface area (Å²) in [6.45, 7) is 11.2. The highest BCUT2D eigenvalue weighted by Gasteiger charge is 2.33. The lowest BCUT2D eigenvalue weighted by atomic mass is 9.74. The highest BCUT2D eigenvalue weighted by atomic mass is 32.2. The molecule has 7 rings (SSSR count). The average molecular weight is 739 g/mol. The molecule has 11 nitrogen and oxygen atoms in total. The summed E-state index contributed by atoms with van der Waals surface area (Å²) in [6.07, 6.45) is 13.8. The van der Waals surface area contributed by atoms with E-state index in [1.165, 1.54) is 16.7 Å². The van der Waals surface area contributed by atoms with Crippen molar-refractivity contribution in [3.05, 3.63) is 87.3 Å². The molecule has 0 unspecified atom stereocenters. The van der Waals surface area contributed by atoms with Gasteiger partial charge in [0.1, 0.15) is 17.3 Å². The van der Waals surface area contributed by atoms with E-state index in [1.807, 2.05) is 38.3 Å². The number of unbranched alkanes of at least 4 members (excludes halogenated alkanes) is 2. The van der Waals surface area contributed by atoms with Crippen LogP contribution in [0.4, 0.5) is 0 Å². The summed E-state index contributed by atoms with van der Waals surface area (Å²) in [5, 5.41) is 2.12. The van der Waals surface area contributed by atoms with Crippen molar-refractivity contribution in [2.75, 3.05) is 5.75 Å². The van der Waals surface area contributed by atoms with Crippen LogP contribution in [0.25, 0.3) is 22.8 Å². The lowest BCUT2D eigenvalue weighted by Gasteiger charge is -2.32. The van der Waals surface area contributed by atoms with Crippen LogP contribution in [0.5, 0.6) is 11.5 Å². The van der Waals surface area contributed by atoms with E-state index in [-0.39, 0.29) is 24.7 Å². The molecule has 0 atom stereocenters. The van der Waals surface area contributed by atoms with Gasteiger partial charge in [-0.2, -0.15) is 0 Å². The predicted octanol–water partition coefficient (Wildman–Crippen LogP) is 5.53. The predicted molar refractivity (Wildman–Crippen MR) is 198 cm³/mol. The number of hydroxylamine groups is 2. The second-order valence-electron chi connectivity index (χ2n) is 15.7. The zero-order chi connectivity index (χ0) is 37.9. The molecule has 0 N–H and O–H groups in total. The largest absolute Gasteiger partial charge is 0.748 e. The minimum atomic E-state index is -4.56. The van der Waals surface area contributed by atoms with E-state index in [9.17, 15) is 27.4 Å². The van der Waals surface area contributed by atoms with E-state index in [4.69, 9.17) is 14.6 Å². The molecule has 1 aromatic heterocycles. The van der Waals surface area contributed by atoms with Crippen LogP contribution in [-0.4, -0.2) is 51.1 Å². The molecule has 278 valence electrons. The molecule has 0 saturated carbocycles. The standard InChI is InChI=1S/C41H45N3O8S/c1-6-25-20-40(2,3)21-26-16-33-31(18-29(25)26)38(32-19-30-27(17-34(32)51-33)22-41(4,5)23-28(30)24-53(48,49)50)39-42-13-15-43(39)14-9-7-8-10-37(47)52-44-35(45)11-12-36(44)46/h13,15-20,22-23H,6-12,14,21,24H2,1-5H3,(H,48,49,50)/p-1. The zero-order valence-electron chi connectivity index (χ0n) is 30.8. The van der Waals surface area contributed by atoms with Crippen molar-refractivity contribution in [1.29, 1.82) is 0 Å². The second kappa shape index (κ2) is 13.6. The summed E-state index contributed by atoms with van der Waals surface area (Å²) in [4.78, 5) is 45.8. The van der Waals surface area contributed by atoms with Crippen molar-refractivity contribution in [3.8, 4) is 11.5 Å². The number of rotatable bonds is 11. The van der Waals surface area contributed by atoms with Gasteiger partial charge >= 0.3 is 5.97 Å². The smallest absolute Gasteiger partial charge is 0.333 e. The van der Waals surface area contributed by atoms with Crippen LogP contribution in [0.2, 0.25) is 0 Å². The molecule has 0 spiro atoms. The van der Waals surface area contributed by atoms with Crippen LogP contribution in [0.3, 0.4) is 0 Å². The van der Waals surface area contributed by atoms with Gasteiger partial charge in [0.15, 0.2) is 0 Å². The van der Waals surface area contributed by atoms with Crippen LogP contribution < -0.4 is 15.2 Å². The highest BCUT2D eigenvalue weighted by molar-refractivity contribution is 7.86. The first-order chi connectivity index (χ1) is 25.0. The molecule has 3 heterocycles. The Morgan fingerprint density at radius 1 is 0.925 bits per heavy atom. The van der Waals surface area contributed by atoms with Crippen molar-refractivity contribution in [1.82, 2.24) is 14.6 Å². The third-order valence-corrected chi connectivity index (χ3v) is 10.9. The van der Waals surface area contributed by atoms with Gasteiger partial charge in [-0.3, -0.25) is 9.59 Å². The number of fused-ring (bicyclic) bond motifs is 4. The number of carbonyl (C=O) groups excluding carboxylic acids is 3. The molecule has 12 heteroatoms. The van der Waals surface area contributed by atoms with Crippen LogP contribution in [0.1, 0.15) is 108 Å². The first-order valence-corrected chi connectivity index (χ1v) is 19.8.